The van der Waals surface area contributed by atoms with E-state index < -0.39 is 0 Å². The summed E-state index contributed by atoms with van der Waals surface area (Å²) in [6.45, 7) is 1.87. The van der Waals surface area contributed by atoms with Gasteiger partial charge >= 0.3 is 0 Å². The molecule has 1 spiro atoms. The van der Waals surface area contributed by atoms with Crippen molar-refractivity contribution < 1.29 is 0 Å². The van der Waals surface area contributed by atoms with Gasteiger partial charge in [0.05, 0.1) is 5.69 Å². The maximum Gasteiger partial charge on any atom is 0.254 e. The Bertz CT molecular complexity index is 762. The number of aryl methyl sites for hydroxylation is 2. The Morgan fingerprint density at radius 2 is 1.86 bits per heavy atom. The molecule has 108 valence electrons. The molecule has 3 nitrogen and oxygen atoms in total. The van der Waals surface area contributed by atoms with Gasteiger partial charge in [0, 0.05) is 5.56 Å². The van der Waals surface area contributed by atoms with Crippen molar-refractivity contribution in [3.8, 4) is 0 Å². The lowest BCUT2D eigenvalue weighted by atomic mass is 9.64. The van der Waals surface area contributed by atoms with Crippen molar-refractivity contribution in [2.24, 2.45) is 5.41 Å². The first kappa shape index (κ1) is 12.8. The van der Waals surface area contributed by atoms with Crippen molar-refractivity contribution in [1.82, 2.24) is 9.97 Å². The molecule has 2 aromatic rings. The second kappa shape index (κ2) is 4.55. The van der Waals surface area contributed by atoms with E-state index in [0.717, 1.165) is 49.2 Å². The number of hydrogen-bond donors (Lipinski definition) is 1. The van der Waals surface area contributed by atoms with Crippen molar-refractivity contribution >= 4 is 0 Å². The molecule has 3 heteroatoms. The molecular weight excluding hydrogens is 260 g/mol. The van der Waals surface area contributed by atoms with E-state index in [1.807, 2.05) is 6.92 Å². The summed E-state index contributed by atoms with van der Waals surface area (Å²) in [5.41, 5.74) is 5.35. The molecule has 1 atom stereocenters. The van der Waals surface area contributed by atoms with Gasteiger partial charge in [0.15, 0.2) is 0 Å². The highest BCUT2D eigenvalue weighted by Crippen LogP contribution is 2.44. The van der Waals surface area contributed by atoms with Gasteiger partial charge in [-0.1, -0.05) is 24.3 Å². The van der Waals surface area contributed by atoms with Crippen LogP contribution in [0.25, 0.3) is 0 Å². The molecule has 0 fully saturated rings. The number of aromatic amines is 1. The highest BCUT2D eigenvalue weighted by molar-refractivity contribution is 5.33. The largest absolute Gasteiger partial charge is 0.311 e. The zero-order valence-electron chi connectivity index (χ0n) is 12.4. The molecule has 0 radical (unpaired) electrons. The third kappa shape index (κ3) is 2.11. The van der Waals surface area contributed by atoms with Crippen LogP contribution in [0.2, 0.25) is 0 Å². The van der Waals surface area contributed by atoms with Gasteiger partial charge in [0.25, 0.3) is 5.56 Å². The van der Waals surface area contributed by atoms with Crippen molar-refractivity contribution in [1.29, 1.82) is 0 Å². The molecule has 1 aromatic carbocycles. The minimum atomic E-state index is 0.0727. The summed E-state index contributed by atoms with van der Waals surface area (Å²) in [5, 5.41) is 0. The van der Waals surface area contributed by atoms with Crippen LogP contribution < -0.4 is 5.56 Å². The van der Waals surface area contributed by atoms with Gasteiger partial charge in [-0.15, -0.1) is 0 Å². The number of rotatable bonds is 0. The van der Waals surface area contributed by atoms with E-state index in [4.69, 9.17) is 0 Å². The molecule has 21 heavy (non-hydrogen) atoms. The van der Waals surface area contributed by atoms with Gasteiger partial charge in [0.2, 0.25) is 0 Å². The lowest BCUT2D eigenvalue weighted by Gasteiger charge is -2.41. The quantitative estimate of drug-likeness (QED) is 0.806. The number of fused-ring (bicyclic) bond motifs is 2. The maximum atomic E-state index is 12.1. The molecule has 1 aromatic heterocycles. The summed E-state index contributed by atoms with van der Waals surface area (Å²) in [6, 6.07) is 8.80. The topological polar surface area (TPSA) is 45.8 Å². The highest BCUT2D eigenvalue weighted by Gasteiger charge is 2.38. The van der Waals surface area contributed by atoms with Crippen LogP contribution in [-0.4, -0.2) is 9.97 Å². The zero-order valence-corrected chi connectivity index (χ0v) is 12.4. The smallest absolute Gasteiger partial charge is 0.254 e. The number of benzene rings is 1. The summed E-state index contributed by atoms with van der Waals surface area (Å²) in [7, 11) is 0. The fourth-order valence-electron chi connectivity index (χ4n) is 4.14. The monoisotopic (exact) mass is 280 g/mol. The molecule has 1 N–H and O–H groups in total. The molecule has 0 aliphatic heterocycles. The molecule has 0 saturated heterocycles. The Kier molecular flexibility index (Phi) is 2.78. The third-order valence-electron chi connectivity index (χ3n) is 5.28. The average molecular weight is 280 g/mol. The molecule has 2 aliphatic rings. The Hall–Kier alpha value is -1.90. The summed E-state index contributed by atoms with van der Waals surface area (Å²) in [6.07, 6.45) is 6.46. The standard InChI is InChI=1S/C18H20N2O/c1-12-19-16-11-18(9-7-15(16)17(21)20-12)8-6-13-4-2-3-5-14(13)10-18/h2-5H,6-11H2,1H3,(H,19,20,21)/t18-/m0/s1. The number of nitrogens with zero attached hydrogens (tertiary/aromatic N) is 1. The van der Waals surface area contributed by atoms with E-state index in [0.29, 0.717) is 5.41 Å². The van der Waals surface area contributed by atoms with Crippen LogP contribution in [0.4, 0.5) is 0 Å². The van der Waals surface area contributed by atoms with Crippen LogP contribution >= 0.6 is 0 Å². The Balaban J connectivity index is 1.71. The maximum absolute atomic E-state index is 12.1. The van der Waals surface area contributed by atoms with Crippen LogP contribution in [0.15, 0.2) is 29.1 Å². The van der Waals surface area contributed by atoms with Gasteiger partial charge in [-0.25, -0.2) is 4.98 Å². The zero-order chi connectivity index (χ0) is 14.4. The van der Waals surface area contributed by atoms with Gasteiger partial charge in [-0.3, -0.25) is 4.79 Å². The van der Waals surface area contributed by atoms with Crippen LogP contribution in [0.5, 0.6) is 0 Å². The second-order valence-corrected chi connectivity index (χ2v) is 6.70. The predicted molar refractivity (Wildman–Crippen MR) is 82.5 cm³/mol. The Morgan fingerprint density at radius 3 is 2.71 bits per heavy atom. The van der Waals surface area contributed by atoms with Crippen LogP contribution in [-0.2, 0) is 25.7 Å². The molecule has 0 saturated carbocycles. The van der Waals surface area contributed by atoms with Gasteiger partial charge < -0.3 is 4.98 Å². The molecule has 0 bridgehead atoms. The fourth-order valence-corrected chi connectivity index (χ4v) is 4.14. The van der Waals surface area contributed by atoms with Crippen LogP contribution in [0.3, 0.4) is 0 Å². The Morgan fingerprint density at radius 1 is 1.10 bits per heavy atom. The Labute approximate surface area is 124 Å². The number of aromatic nitrogens is 2. The van der Waals surface area contributed by atoms with E-state index in [-0.39, 0.29) is 5.56 Å². The summed E-state index contributed by atoms with van der Waals surface area (Å²) < 4.78 is 0. The molecule has 1 heterocycles. The van der Waals surface area contributed by atoms with Gasteiger partial charge in [0.1, 0.15) is 5.82 Å². The van der Waals surface area contributed by atoms with Crippen molar-refractivity contribution in [2.45, 2.75) is 45.4 Å². The normalized spacial score (nSPS) is 23.7. The van der Waals surface area contributed by atoms with Crippen LogP contribution in [0, 0.1) is 12.3 Å². The van der Waals surface area contributed by atoms with Gasteiger partial charge in [-0.2, -0.15) is 0 Å². The minimum Gasteiger partial charge on any atom is -0.311 e. The SMILES string of the molecule is Cc1nc2c(c(=O)[nH]1)CC[C@]1(CCc3ccccc3C1)C2. The predicted octanol–water partition coefficient (Wildman–Crippen LogP) is 2.74. The molecule has 4 rings (SSSR count). The van der Waals surface area contributed by atoms with Crippen molar-refractivity contribution in [3.63, 3.8) is 0 Å². The summed E-state index contributed by atoms with van der Waals surface area (Å²) >= 11 is 0. The lowest BCUT2D eigenvalue weighted by Crippen LogP contribution is -2.37. The van der Waals surface area contributed by atoms with Gasteiger partial charge in [-0.05, 0) is 62.0 Å². The molecule has 0 unspecified atom stereocenters. The van der Waals surface area contributed by atoms with Crippen molar-refractivity contribution in [2.75, 3.05) is 0 Å². The molecular formula is C18H20N2O. The number of hydrogen-bond acceptors (Lipinski definition) is 2. The van der Waals surface area contributed by atoms with E-state index >= 15 is 0 Å². The van der Waals surface area contributed by atoms with Crippen molar-refractivity contribution in [3.05, 3.63) is 62.8 Å². The van der Waals surface area contributed by atoms with E-state index in [2.05, 4.69) is 34.2 Å². The summed E-state index contributed by atoms with van der Waals surface area (Å²) in [5.74, 6) is 0.743. The molecule has 0 amide bonds. The lowest BCUT2D eigenvalue weighted by molar-refractivity contribution is 0.206. The third-order valence-corrected chi connectivity index (χ3v) is 5.28. The minimum absolute atomic E-state index is 0.0727. The van der Waals surface area contributed by atoms with E-state index in [1.165, 1.54) is 17.5 Å². The first-order valence-electron chi connectivity index (χ1n) is 7.81. The van der Waals surface area contributed by atoms with E-state index in [9.17, 15) is 4.79 Å². The van der Waals surface area contributed by atoms with E-state index in [1.54, 1.807) is 0 Å². The first-order chi connectivity index (χ1) is 10.2. The molecule has 2 aliphatic carbocycles. The van der Waals surface area contributed by atoms with Crippen LogP contribution in [0.1, 0.15) is 41.1 Å². The average Bonchev–Trinajstić information content (AvgIpc) is 2.46. The highest BCUT2D eigenvalue weighted by atomic mass is 16.1. The number of H-pyrrole nitrogens is 1. The fraction of sp³-hybridized carbons (Fsp3) is 0.444. The summed E-state index contributed by atoms with van der Waals surface area (Å²) in [4.78, 5) is 19.5. The number of nitrogens with one attached hydrogen (secondary N) is 1. The second-order valence-electron chi connectivity index (χ2n) is 6.70. The first-order valence-corrected chi connectivity index (χ1v) is 7.81.